The van der Waals surface area contributed by atoms with Crippen LogP contribution in [0.2, 0.25) is 0 Å². The first-order chi connectivity index (χ1) is 7.60. The molecule has 1 aliphatic carbocycles. The predicted octanol–water partition coefficient (Wildman–Crippen LogP) is 1.18. The van der Waals surface area contributed by atoms with Crippen molar-refractivity contribution < 1.29 is 8.42 Å². The van der Waals surface area contributed by atoms with Gasteiger partial charge in [-0.2, -0.15) is 0 Å². The topological polar surface area (TPSA) is 63.4 Å². The van der Waals surface area contributed by atoms with Crippen molar-refractivity contribution in [2.24, 2.45) is 11.7 Å². The van der Waals surface area contributed by atoms with Crippen molar-refractivity contribution in [1.82, 2.24) is 4.31 Å². The van der Waals surface area contributed by atoms with Crippen LogP contribution in [-0.2, 0) is 10.0 Å². The van der Waals surface area contributed by atoms with Gasteiger partial charge in [0.05, 0.1) is 5.75 Å². The van der Waals surface area contributed by atoms with Gasteiger partial charge in [-0.15, -0.1) is 0 Å². The molecule has 0 aliphatic heterocycles. The lowest BCUT2D eigenvalue weighted by Gasteiger charge is -2.25. The third kappa shape index (κ3) is 4.03. The van der Waals surface area contributed by atoms with E-state index in [4.69, 9.17) is 5.73 Å². The van der Waals surface area contributed by atoms with Crippen LogP contribution in [0.3, 0.4) is 0 Å². The largest absolute Gasteiger partial charge is 0.329 e. The molecule has 1 saturated carbocycles. The smallest absolute Gasteiger partial charge is 0.214 e. The Morgan fingerprint density at radius 3 is 2.38 bits per heavy atom. The van der Waals surface area contributed by atoms with Crippen LogP contribution < -0.4 is 5.73 Å². The van der Waals surface area contributed by atoms with Crippen LogP contribution >= 0.6 is 0 Å². The van der Waals surface area contributed by atoms with Gasteiger partial charge in [0.1, 0.15) is 0 Å². The van der Waals surface area contributed by atoms with Crippen molar-refractivity contribution in [3.05, 3.63) is 0 Å². The van der Waals surface area contributed by atoms with Gasteiger partial charge in [0.2, 0.25) is 10.0 Å². The summed E-state index contributed by atoms with van der Waals surface area (Å²) < 4.78 is 25.7. The maximum atomic E-state index is 12.1. The van der Waals surface area contributed by atoms with E-state index in [1.54, 1.807) is 0 Å². The molecule has 0 amide bonds. The van der Waals surface area contributed by atoms with Gasteiger partial charge < -0.3 is 5.73 Å². The Morgan fingerprint density at radius 1 is 1.25 bits per heavy atom. The minimum Gasteiger partial charge on any atom is -0.329 e. The lowest BCUT2D eigenvalue weighted by atomic mass is 9.91. The van der Waals surface area contributed by atoms with Crippen molar-refractivity contribution in [3.63, 3.8) is 0 Å². The summed E-state index contributed by atoms with van der Waals surface area (Å²) in [7, 11) is -3.08. The molecular weight excluding hydrogens is 224 g/mol. The molecule has 0 unspecified atom stereocenters. The molecule has 0 spiro atoms. The van der Waals surface area contributed by atoms with E-state index in [-0.39, 0.29) is 0 Å². The first-order valence-corrected chi connectivity index (χ1v) is 7.89. The summed E-state index contributed by atoms with van der Waals surface area (Å²) >= 11 is 0. The van der Waals surface area contributed by atoms with Crippen molar-refractivity contribution in [2.75, 3.05) is 25.4 Å². The molecule has 5 heteroatoms. The van der Waals surface area contributed by atoms with Crippen molar-refractivity contribution in [2.45, 2.75) is 39.0 Å². The fourth-order valence-electron chi connectivity index (χ4n) is 2.39. The van der Waals surface area contributed by atoms with Crippen LogP contribution in [0.5, 0.6) is 0 Å². The molecule has 2 N–H and O–H groups in total. The second-order valence-corrected chi connectivity index (χ2v) is 6.58. The summed E-state index contributed by atoms with van der Waals surface area (Å²) in [5.41, 5.74) is 5.43. The standard InChI is InChI=1S/C11H24N2O2S/c1-2-13(9-8-12)16(14,15)10-11-6-4-3-5-7-11/h11H,2-10,12H2,1H3. The molecular formula is C11H24N2O2S. The first kappa shape index (κ1) is 13.9. The van der Waals surface area contributed by atoms with Crippen LogP contribution in [0.25, 0.3) is 0 Å². The zero-order valence-electron chi connectivity index (χ0n) is 10.2. The quantitative estimate of drug-likeness (QED) is 0.767. The third-order valence-electron chi connectivity index (χ3n) is 3.30. The van der Waals surface area contributed by atoms with Crippen molar-refractivity contribution in [3.8, 4) is 0 Å². The molecule has 4 nitrogen and oxygen atoms in total. The summed E-state index contributed by atoms with van der Waals surface area (Å²) in [6.45, 7) is 3.25. The second-order valence-electron chi connectivity index (χ2n) is 4.56. The van der Waals surface area contributed by atoms with Gasteiger partial charge in [-0.05, 0) is 18.8 Å². The van der Waals surface area contributed by atoms with Crippen LogP contribution in [0.4, 0.5) is 0 Å². The highest BCUT2D eigenvalue weighted by Gasteiger charge is 2.25. The molecule has 0 aromatic carbocycles. The van der Waals surface area contributed by atoms with E-state index in [9.17, 15) is 8.42 Å². The molecule has 0 atom stereocenters. The van der Waals surface area contributed by atoms with E-state index in [1.165, 1.54) is 23.6 Å². The third-order valence-corrected chi connectivity index (χ3v) is 5.42. The molecule has 0 saturated heterocycles. The molecule has 0 bridgehead atoms. The Hall–Kier alpha value is -0.130. The number of hydrogen-bond acceptors (Lipinski definition) is 3. The summed E-state index contributed by atoms with van der Waals surface area (Å²) in [6.07, 6.45) is 5.77. The van der Waals surface area contributed by atoms with Gasteiger partial charge in [-0.25, -0.2) is 12.7 Å². The fourth-order valence-corrected chi connectivity index (χ4v) is 4.31. The van der Waals surface area contributed by atoms with E-state index < -0.39 is 10.0 Å². The SMILES string of the molecule is CCN(CCN)S(=O)(=O)CC1CCCCC1. The van der Waals surface area contributed by atoms with Crippen molar-refractivity contribution in [1.29, 1.82) is 0 Å². The molecule has 1 rings (SSSR count). The zero-order valence-corrected chi connectivity index (χ0v) is 11.0. The van der Waals surface area contributed by atoms with Gasteiger partial charge in [0.15, 0.2) is 0 Å². The van der Waals surface area contributed by atoms with Crippen LogP contribution in [0, 0.1) is 5.92 Å². The zero-order chi connectivity index (χ0) is 12.0. The fraction of sp³-hybridized carbons (Fsp3) is 1.00. The van der Waals surface area contributed by atoms with E-state index in [2.05, 4.69) is 0 Å². The van der Waals surface area contributed by atoms with Crippen LogP contribution in [0.15, 0.2) is 0 Å². The van der Waals surface area contributed by atoms with E-state index in [0.29, 0.717) is 31.3 Å². The molecule has 1 fully saturated rings. The number of rotatable bonds is 6. The highest BCUT2D eigenvalue weighted by molar-refractivity contribution is 7.89. The van der Waals surface area contributed by atoms with Crippen LogP contribution in [0.1, 0.15) is 39.0 Å². The van der Waals surface area contributed by atoms with E-state index in [1.807, 2.05) is 6.92 Å². The number of sulfonamides is 1. The van der Waals surface area contributed by atoms with Gasteiger partial charge in [-0.3, -0.25) is 0 Å². The lowest BCUT2D eigenvalue weighted by molar-refractivity contribution is 0.370. The molecule has 0 radical (unpaired) electrons. The second kappa shape index (κ2) is 6.57. The summed E-state index contributed by atoms with van der Waals surface area (Å²) in [5.74, 6) is 0.687. The van der Waals surface area contributed by atoms with Gasteiger partial charge in [-0.1, -0.05) is 26.2 Å². The van der Waals surface area contributed by atoms with Gasteiger partial charge in [0, 0.05) is 19.6 Å². The molecule has 16 heavy (non-hydrogen) atoms. The predicted molar refractivity (Wildman–Crippen MR) is 66.7 cm³/mol. The number of nitrogens with two attached hydrogens (primary N) is 1. The molecule has 1 aliphatic rings. The summed E-state index contributed by atoms with van der Waals surface area (Å²) in [6, 6.07) is 0. The Kier molecular flexibility index (Phi) is 5.72. The van der Waals surface area contributed by atoms with Gasteiger partial charge in [0.25, 0.3) is 0 Å². The molecule has 0 aromatic heterocycles. The van der Waals surface area contributed by atoms with Crippen molar-refractivity contribution >= 4 is 10.0 Å². The first-order valence-electron chi connectivity index (χ1n) is 6.28. The lowest BCUT2D eigenvalue weighted by Crippen LogP contribution is -2.38. The van der Waals surface area contributed by atoms with Gasteiger partial charge >= 0.3 is 0 Å². The number of hydrogen-bond donors (Lipinski definition) is 1. The Morgan fingerprint density at radius 2 is 1.88 bits per heavy atom. The molecule has 96 valence electrons. The average Bonchev–Trinajstić information content (AvgIpc) is 2.26. The van der Waals surface area contributed by atoms with Crippen LogP contribution in [-0.4, -0.2) is 38.1 Å². The maximum absolute atomic E-state index is 12.1. The minimum absolute atomic E-state index is 0.320. The normalized spacial score (nSPS) is 19.2. The summed E-state index contributed by atoms with van der Waals surface area (Å²) in [5, 5.41) is 0. The Balaban J connectivity index is 2.54. The Labute approximate surface area is 99.2 Å². The summed E-state index contributed by atoms with van der Waals surface area (Å²) in [4.78, 5) is 0. The molecule has 0 aromatic rings. The van der Waals surface area contributed by atoms with E-state index in [0.717, 1.165) is 12.8 Å². The number of nitrogens with zero attached hydrogens (tertiary/aromatic N) is 1. The minimum atomic E-state index is -3.08. The van der Waals surface area contributed by atoms with E-state index >= 15 is 0 Å². The highest BCUT2D eigenvalue weighted by atomic mass is 32.2. The molecule has 0 heterocycles. The number of likely N-dealkylation sites (N-methyl/N-ethyl adjacent to an activating group) is 1. The maximum Gasteiger partial charge on any atom is 0.214 e. The highest BCUT2D eigenvalue weighted by Crippen LogP contribution is 2.25. The Bertz CT molecular complexity index is 284. The average molecular weight is 248 g/mol. The monoisotopic (exact) mass is 248 g/mol.